The van der Waals surface area contributed by atoms with Crippen molar-refractivity contribution in [3.05, 3.63) is 0 Å². The SMILES string of the molecule is CCC[S+](CCC)C1CCCCC1. The van der Waals surface area contributed by atoms with Crippen molar-refractivity contribution < 1.29 is 0 Å². The van der Waals surface area contributed by atoms with E-state index in [1.807, 2.05) is 0 Å². The van der Waals surface area contributed by atoms with Gasteiger partial charge in [0.15, 0.2) is 0 Å². The lowest BCUT2D eigenvalue weighted by Crippen LogP contribution is -2.29. The maximum atomic E-state index is 2.35. The summed E-state index contributed by atoms with van der Waals surface area (Å²) in [5, 5.41) is 1.12. The number of rotatable bonds is 5. The van der Waals surface area contributed by atoms with Crippen molar-refractivity contribution in [1.29, 1.82) is 0 Å². The molecule has 0 aliphatic heterocycles. The van der Waals surface area contributed by atoms with Crippen LogP contribution in [0.25, 0.3) is 0 Å². The van der Waals surface area contributed by atoms with Gasteiger partial charge in [-0.2, -0.15) is 0 Å². The predicted molar refractivity (Wildman–Crippen MR) is 64.6 cm³/mol. The van der Waals surface area contributed by atoms with Crippen LogP contribution in [-0.4, -0.2) is 16.8 Å². The van der Waals surface area contributed by atoms with Crippen LogP contribution in [0.1, 0.15) is 58.8 Å². The zero-order valence-electron chi connectivity index (χ0n) is 9.35. The van der Waals surface area contributed by atoms with Gasteiger partial charge in [-0.1, -0.05) is 20.3 Å². The Morgan fingerprint density at radius 2 is 1.46 bits per heavy atom. The minimum absolute atomic E-state index is 0.789. The topological polar surface area (TPSA) is 0 Å². The average Bonchev–Trinajstić information content (AvgIpc) is 2.19. The van der Waals surface area contributed by atoms with Crippen LogP contribution in [0.4, 0.5) is 0 Å². The van der Waals surface area contributed by atoms with Gasteiger partial charge < -0.3 is 0 Å². The van der Waals surface area contributed by atoms with Crippen LogP contribution in [0.15, 0.2) is 0 Å². The van der Waals surface area contributed by atoms with Crippen molar-refractivity contribution in [3.63, 3.8) is 0 Å². The Hall–Kier alpha value is 0.350. The summed E-state index contributed by atoms with van der Waals surface area (Å²) in [4.78, 5) is 0. The molecule has 1 rings (SSSR count). The molecule has 1 fully saturated rings. The van der Waals surface area contributed by atoms with Crippen LogP contribution in [0.3, 0.4) is 0 Å². The highest BCUT2D eigenvalue weighted by atomic mass is 32.2. The van der Waals surface area contributed by atoms with E-state index in [9.17, 15) is 0 Å². The highest BCUT2D eigenvalue weighted by Crippen LogP contribution is 2.26. The minimum Gasteiger partial charge on any atom is -0.0609 e. The summed E-state index contributed by atoms with van der Waals surface area (Å²) < 4.78 is 0. The van der Waals surface area contributed by atoms with Crippen molar-refractivity contribution in [2.45, 2.75) is 64.0 Å². The zero-order valence-corrected chi connectivity index (χ0v) is 10.2. The van der Waals surface area contributed by atoms with Crippen LogP contribution in [0.5, 0.6) is 0 Å². The molecular weight excluding hydrogens is 176 g/mol. The largest absolute Gasteiger partial charge is 0.118 e. The summed E-state index contributed by atoms with van der Waals surface area (Å²) >= 11 is 0. The molecule has 0 saturated heterocycles. The van der Waals surface area contributed by atoms with Gasteiger partial charge in [0, 0.05) is 0 Å². The predicted octanol–water partition coefficient (Wildman–Crippen LogP) is 3.76. The van der Waals surface area contributed by atoms with Crippen LogP contribution < -0.4 is 0 Å². The standard InChI is InChI=1S/C12H25S/c1-3-10-13(11-4-2)12-8-6-5-7-9-12/h12H,3-11H2,1-2H3/q+1. The molecular formula is C12H25S+. The molecule has 0 bridgehead atoms. The first-order valence-electron chi connectivity index (χ1n) is 6.04. The molecule has 0 atom stereocenters. The number of hydrogen-bond acceptors (Lipinski definition) is 0. The van der Waals surface area contributed by atoms with Crippen LogP contribution in [0, 0.1) is 0 Å². The van der Waals surface area contributed by atoms with Gasteiger partial charge >= 0.3 is 0 Å². The molecule has 1 heteroatoms. The first-order valence-corrected chi connectivity index (χ1v) is 7.67. The molecule has 0 heterocycles. The average molecular weight is 201 g/mol. The fourth-order valence-electron chi connectivity index (χ4n) is 2.36. The Morgan fingerprint density at radius 1 is 0.923 bits per heavy atom. The Balaban J connectivity index is 2.32. The van der Waals surface area contributed by atoms with Crippen molar-refractivity contribution in [1.82, 2.24) is 0 Å². The van der Waals surface area contributed by atoms with Gasteiger partial charge in [-0.25, -0.2) is 0 Å². The van der Waals surface area contributed by atoms with Gasteiger partial charge in [-0.3, -0.25) is 0 Å². The van der Waals surface area contributed by atoms with E-state index in [1.54, 1.807) is 12.8 Å². The Labute approximate surface area is 86.8 Å². The van der Waals surface area contributed by atoms with Gasteiger partial charge in [-0.05, 0) is 49.4 Å². The fourth-order valence-corrected chi connectivity index (χ4v) is 5.28. The lowest BCUT2D eigenvalue weighted by atomic mass is 10.0. The van der Waals surface area contributed by atoms with E-state index in [4.69, 9.17) is 0 Å². The molecule has 0 unspecified atom stereocenters. The fraction of sp³-hybridized carbons (Fsp3) is 1.00. The van der Waals surface area contributed by atoms with E-state index < -0.39 is 0 Å². The Kier molecular flexibility index (Phi) is 5.93. The molecule has 13 heavy (non-hydrogen) atoms. The third kappa shape index (κ3) is 3.93. The van der Waals surface area contributed by atoms with E-state index in [0.29, 0.717) is 0 Å². The summed E-state index contributed by atoms with van der Waals surface area (Å²) in [6.45, 7) is 4.69. The van der Waals surface area contributed by atoms with E-state index in [0.717, 1.165) is 16.1 Å². The molecule has 1 aliphatic carbocycles. The second-order valence-electron chi connectivity index (χ2n) is 4.21. The summed E-state index contributed by atoms with van der Waals surface area (Å²) in [7, 11) is 0.789. The summed E-state index contributed by atoms with van der Waals surface area (Å²) in [5.74, 6) is 3.02. The second-order valence-corrected chi connectivity index (χ2v) is 6.76. The summed E-state index contributed by atoms with van der Waals surface area (Å²) in [6.07, 6.45) is 10.4. The van der Waals surface area contributed by atoms with E-state index >= 15 is 0 Å². The molecule has 0 aromatic rings. The molecule has 1 saturated carbocycles. The highest BCUT2D eigenvalue weighted by Gasteiger charge is 2.29. The lowest BCUT2D eigenvalue weighted by molar-refractivity contribution is 0.512. The van der Waals surface area contributed by atoms with Crippen molar-refractivity contribution in [2.24, 2.45) is 0 Å². The smallest absolute Gasteiger partial charge is 0.0609 e. The Bertz CT molecular complexity index is 110. The molecule has 0 aromatic heterocycles. The second kappa shape index (κ2) is 6.75. The first-order chi connectivity index (χ1) is 6.38. The highest BCUT2D eigenvalue weighted by molar-refractivity contribution is 7.97. The van der Waals surface area contributed by atoms with Crippen LogP contribution in [-0.2, 0) is 10.9 Å². The molecule has 0 spiro atoms. The molecule has 0 aromatic carbocycles. The molecule has 0 amide bonds. The molecule has 78 valence electrons. The van der Waals surface area contributed by atoms with Crippen molar-refractivity contribution in [3.8, 4) is 0 Å². The van der Waals surface area contributed by atoms with Crippen molar-refractivity contribution >= 4 is 10.9 Å². The Morgan fingerprint density at radius 3 is 1.92 bits per heavy atom. The van der Waals surface area contributed by atoms with Gasteiger partial charge in [0.2, 0.25) is 0 Å². The summed E-state index contributed by atoms with van der Waals surface area (Å²) in [5.41, 5.74) is 0. The first kappa shape index (κ1) is 11.4. The maximum absolute atomic E-state index is 2.35. The normalized spacial score (nSPS) is 19.6. The quantitative estimate of drug-likeness (QED) is 0.594. The molecule has 0 N–H and O–H groups in total. The van der Waals surface area contributed by atoms with Gasteiger partial charge in [-0.15, -0.1) is 0 Å². The van der Waals surface area contributed by atoms with Crippen LogP contribution >= 0.6 is 0 Å². The molecule has 0 nitrogen and oxygen atoms in total. The molecule has 1 aliphatic rings. The minimum atomic E-state index is 0.789. The third-order valence-corrected chi connectivity index (χ3v) is 6.24. The van der Waals surface area contributed by atoms with E-state index in [-0.39, 0.29) is 0 Å². The van der Waals surface area contributed by atoms with Gasteiger partial charge in [0.05, 0.1) is 0 Å². The monoisotopic (exact) mass is 201 g/mol. The molecule has 0 radical (unpaired) electrons. The number of hydrogen-bond donors (Lipinski definition) is 0. The van der Waals surface area contributed by atoms with Crippen molar-refractivity contribution in [2.75, 3.05) is 11.5 Å². The van der Waals surface area contributed by atoms with E-state index in [1.165, 1.54) is 43.6 Å². The van der Waals surface area contributed by atoms with Crippen LogP contribution in [0.2, 0.25) is 0 Å². The van der Waals surface area contributed by atoms with Gasteiger partial charge in [0.1, 0.15) is 16.8 Å². The summed E-state index contributed by atoms with van der Waals surface area (Å²) in [6, 6.07) is 0. The zero-order chi connectivity index (χ0) is 9.52. The maximum Gasteiger partial charge on any atom is 0.118 e. The van der Waals surface area contributed by atoms with Gasteiger partial charge in [0.25, 0.3) is 0 Å². The van der Waals surface area contributed by atoms with E-state index in [2.05, 4.69) is 13.8 Å². The lowest BCUT2D eigenvalue weighted by Gasteiger charge is -2.22. The third-order valence-electron chi connectivity index (χ3n) is 2.96.